The van der Waals surface area contributed by atoms with Crippen molar-refractivity contribution in [2.75, 3.05) is 12.4 Å². The van der Waals surface area contributed by atoms with Gasteiger partial charge in [-0.3, -0.25) is 9.48 Å². The van der Waals surface area contributed by atoms with E-state index in [-0.39, 0.29) is 5.91 Å². The number of benzene rings is 1. The van der Waals surface area contributed by atoms with Crippen LogP contribution in [0.2, 0.25) is 0 Å². The van der Waals surface area contributed by atoms with Crippen molar-refractivity contribution in [2.45, 2.75) is 0 Å². The van der Waals surface area contributed by atoms with Crippen LogP contribution in [-0.2, 0) is 16.6 Å². The first kappa shape index (κ1) is 14.5. The summed E-state index contributed by atoms with van der Waals surface area (Å²) in [5.74, 6) is -0.672. The zero-order chi connectivity index (χ0) is 15.2. The Morgan fingerprint density at radius 1 is 1.29 bits per heavy atom. The molecule has 6 nitrogen and oxygen atoms in total. The van der Waals surface area contributed by atoms with Gasteiger partial charge in [0.25, 0.3) is 0 Å². The highest BCUT2D eigenvalue weighted by atomic mass is 16.5. The maximum Gasteiger partial charge on any atom is 0.337 e. The standard InChI is InChI=1S/C15H15N3O3/c1-18-10-11(9-16-18)3-8-14(19)17-13-6-4-12(5-7-13)15(20)21-2/h3-10H,1-2H3,(H,17,19). The van der Waals surface area contributed by atoms with Gasteiger partial charge in [-0.15, -0.1) is 0 Å². The summed E-state index contributed by atoms with van der Waals surface area (Å²) in [6.45, 7) is 0. The number of nitrogens with zero attached hydrogens (tertiary/aromatic N) is 2. The second-order valence-electron chi connectivity index (χ2n) is 4.34. The molecule has 0 saturated carbocycles. The molecule has 0 spiro atoms. The summed E-state index contributed by atoms with van der Waals surface area (Å²) >= 11 is 0. The minimum atomic E-state index is -0.413. The highest BCUT2D eigenvalue weighted by molar-refractivity contribution is 6.02. The van der Waals surface area contributed by atoms with E-state index in [4.69, 9.17) is 0 Å². The van der Waals surface area contributed by atoms with Gasteiger partial charge in [0.15, 0.2) is 0 Å². The predicted octanol–water partition coefficient (Wildman–Crippen LogP) is 1.86. The molecular formula is C15H15N3O3. The number of carbonyl (C=O) groups excluding carboxylic acids is 2. The minimum absolute atomic E-state index is 0.260. The zero-order valence-electron chi connectivity index (χ0n) is 11.7. The zero-order valence-corrected chi connectivity index (χ0v) is 11.7. The smallest absolute Gasteiger partial charge is 0.337 e. The van der Waals surface area contributed by atoms with Crippen molar-refractivity contribution in [3.8, 4) is 0 Å². The number of esters is 1. The monoisotopic (exact) mass is 285 g/mol. The maximum absolute atomic E-state index is 11.8. The van der Waals surface area contributed by atoms with Gasteiger partial charge in [0.05, 0.1) is 18.9 Å². The van der Waals surface area contributed by atoms with E-state index in [1.54, 1.807) is 54.5 Å². The molecule has 0 aliphatic heterocycles. The number of amides is 1. The number of ether oxygens (including phenoxy) is 1. The summed E-state index contributed by atoms with van der Waals surface area (Å²) in [7, 11) is 3.13. The molecule has 0 unspecified atom stereocenters. The van der Waals surface area contributed by atoms with Crippen LogP contribution >= 0.6 is 0 Å². The second-order valence-corrected chi connectivity index (χ2v) is 4.34. The number of anilines is 1. The Balaban J connectivity index is 1.96. The number of methoxy groups -OCH3 is 1. The lowest BCUT2D eigenvalue weighted by molar-refractivity contribution is -0.111. The highest BCUT2D eigenvalue weighted by Crippen LogP contribution is 2.10. The lowest BCUT2D eigenvalue weighted by Crippen LogP contribution is -2.08. The first-order valence-corrected chi connectivity index (χ1v) is 6.24. The van der Waals surface area contributed by atoms with Crippen LogP contribution in [0.5, 0.6) is 0 Å². The van der Waals surface area contributed by atoms with E-state index in [9.17, 15) is 9.59 Å². The first-order chi connectivity index (χ1) is 10.1. The first-order valence-electron chi connectivity index (χ1n) is 6.24. The number of hydrogen-bond acceptors (Lipinski definition) is 4. The third kappa shape index (κ3) is 4.04. The van der Waals surface area contributed by atoms with E-state index in [0.29, 0.717) is 11.3 Å². The number of carbonyl (C=O) groups is 2. The molecule has 21 heavy (non-hydrogen) atoms. The van der Waals surface area contributed by atoms with Crippen LogP contribution in [0.25, 0.3) is 6.08 Å². The fourth-order valence-corrected chi connectivity index (χ4v) is 1.69. The Hall–Kier alpha value is -2.89. The van der Waals surface area contributed by atoms with E-state index < -0.39 is 5.97 Å². The fraction of sp³-hybridized carbons (Fsp3) is 0.133. The van der Waals surface area contributed by atoms with Crippen molar-refractivity contribution < 1.29 is 14.3 Å². The van der Waals surface area contributed by atoms with Crippen LogP contribution in [0.1, 0.15) is 15.9 Å². The van der Waals surface area contributed by atoms with Crippen molar-refractivity contribution in [2.24, 2.45) is 7.05 Å². The summed E-state index contributed by atoms with van der Waals surface area (Å²) in [6.07, 6.45) is 6.56. The van der Waals surface area contributed by atoms with Crippen molar-refractivity contribution in [1.29, 1.82) is 0 Å². The summed E-state index contributed by atoms with van der Waals surface area (Å²) < 4.78 is 6.26. The normalized spacial score (nSPS) is 10.6. The van der Waals surface area contributed by atoms with Crippen LogP contribution in [0.15, 0.2) is 42.7 Å². The molecule has 1 heterocycles. The van der Waals surface area contributed by atoms with Crippen molar-refractivity contribution >= 4 is 23.6 Å². The van der Waals surface area contributed by atoms with E-state index in [2.05, 4.69) is 15.2 Å². The summed E-state index contributed by atoms with van der Waals surface area (Å²) in [5.41, 5.74) is 1.87. The Bertz CT molecular complexity index is 672. The summed E-state index contributed by atoms with van der Waals surface area (Å²) in [4.78, 5) is 23.0. The molecule has 6 heteroatoms. The Labute approximate surface area is 122 Å². The molecule has 0 aliphatic rings. The van der Waals surface area contributed by atoms with Crippen LogP contribution in [0.4, 0.5) is 5.69 Å². The van der Waals surface area contributed by atoms with Gasteiger partial charge in [0.1, 0.15) is 0 Å². The molecule has 1 aromatic heterocycles. The molecule has 2 aromatic rings. The number of rotatable bonds is 4. The highest BCUT2D eigenvalue weighted by Gasteiger charge is 2.05. The molecule has 0 bridgehead atoms. The molecule has 0 fully saturated rings. The number of aromatic nitrogens is 2. The maximum atomic E-state index is 11.8. The van der Waals surface area contributed by atoms with Gasteiger partial charge in [-0.05, 0) is 30.3 Å². The van der Waals surface area contributed by atoms with Crippen LogP contribution in [-0.4, -0.2) is 28.8 Å². The lowest BCUT2D eigenvalue weighted by atomic mass is 10.2. The largest absolute Gasteiger partial charge is 0.465 e. The molecule has 1 N–H and O–H groups in total. The average molecular weight is 285 g/mol. The SMILES string of the molecule is COC(=O)c1ccc(NC(=O)C=Cc2cnn(C)c2)cc1. The Morgan fingerprint density at radius 2 is 2.00 bits per heavy atom. The van der Waals surface area contributed by atoms with Crippen molar-refractivity contribution in [1.82, 2.24) is 9.78 Å². The van der Waals surface area contributed by atoms with Crippen molar-refractivity contribution in [3.63, 3.8) is 0 Å². The van der Waals surface area contributed by atoms with E-state index >= 15 is 0 Å². The third-order valence-corrected chi connectivity index (χ3v) is 2.73. The molecule has 1 aromatic carbocycles. The van der Waals surface area contributed by atoms with Crippen LogP contribution in [0.3, 0.4) is 0 Å². The quantitative estimate of drug-likeness (QED) is 0.687. The number of aryl methyl sites for hydroxylation is 1. The minimum Gasteiger partial charge on any atom is -0.465 e. The number of nitrogens with one attached hydrogen (secondary N) is 1. The fourth-order valence-electron chi connectivity index (χ4n) is 1.69. The Kier molecular flexibility index (Phi) is 4.50. The van der Waals surface area contributed by atoms with E-state index in [1.807, 2.05) is 0 Å². The molecule has 0 radical (unpaired) electrons. The topological polar surface area (TPSA) is 73.2 Å². The van der Waals surface area contributed by atoms with Gasteiger partial charge in [-0.25, -0.2) is 4.79 Å². The van der Waals surface area contributed by atoms with Crippen LogP contribution in [0, 0.1) is 0 Å². The molecule has 0 saturated heterocycles. The molecule has 0 aliphatic carbocycles. The molecule has 108 valence electrons. The summed E-state index contributed by atoms with van der Waals surface area (Å²) in [6, 6.07) is 6.46. The molecule has 2 rings (SSSR count). The third-order valence-electron chi connectivity index (χ3n) is 2.73. The van der Waals surface area contributed by atoms with Gasteiger partial charge >= 0.3 is 5.97 Å². The van der Waals surface area contributed by atoms with Gasteiger partial charge in [-0.1, -0.05) is 0 Å². The van der Waals surface area contributed by atoms with E-state index in [0.717, 1.165) is 5.56 Å². The lowest BCUT2D eigenvalue weighted by Gasteiger charge is -2.03. The number of hydrogen-bond donors (Lipinski definition) is 1. The van der Waals surface area contributed by atoms with Crippen LogP contribution < -0.4 is 5.32 Å². The second kappa shape index (κ2) is 6.51. The van der Waals surface area contributed by atoms with Gasteiger partial charge in [0, 0.05) is 30.6 Å². The molecule has 0 atom stereocenters. The molecular weight excluding hydrogens is 270 g/mol. The van der Waals surface area contributed by atoms with Gasteiger partial charge < -0.3 is 10.1 Å². The van der Waals surface area contributed by atoms with Crippen molar-refractivity contribution in [3.05, 3.63) is 53.9 Å². The Morgan fingerprint density at radius 3 is 2.57 bits per heavy atom. The van der Waals surface area contributed by atoms with E-state index in [1.165, 1.54) is 13.2 Å². The average Bonchev–Trinajstić information content (AvgIpc) is 2.91. The van der Waals surface area contributed by atoms with Gasteiger partial charge in [0.2, 0.25) is 5.91 Å². The molecule has 1 amide bonds. The van der Waals surface area contributed by atoms with Gasteiger partial charge in [-0.2, -0.15) is 5.10 Å². The predicted molar refractivity (Wildman–Crippen MR) is 78.7 cm³/mol. The summed E-state index contributed by atoms with van der Waals surface area (Å²) in [5, 5.41) is 6.70.